The van der Waals surface area contributed by atoms with Gasteiger partial charge >= 0.3 is 7.12 Å². The van der Waals surface area contributed by atoms with E-state index in [0.717, 1.165) is 10.0 Å². The van der Waals surface area contributed by atoms with Crippen LogP contribution in [-0.2, 0) is 9.31 Å². The first-order chi connectivity index (χ1) is 12.9. The van der Waals surface area contributed by atoms with Crippen LogP contribution in [0.2, 0.25) is 0 Å². The summed E-state index contributed by atoms with van der Waals surface area (Å²) >= 11 is 3.46. The highest BCUT2D eigenvalue weighted by Gasteiger charge is 2.29. The lowest BCUT2D eigenvalue weighted by Gasteiger charge is -2.20. The highest BCUT2D eigenvalue weighted by atomic mass is 79.9. The summed E-state index contributed by atoms with van der Waals surface area (Å²) in [6.07, 6.45) is 2.52. The number of hydrogen-bond acceptors (Lipinski definition) is 6. The van der Waals surface area contributed by atoms with Gasteiger partial charge in [0.1, 0.15) is 11.9 Å². The molecule has 0 amide bonds. The van der Waals surface area contributed by atoms with E-state index in [9.17, 15) is 10.2 Å². The van der Waals surface area contributed by atoms with Gasteiger partial charge in [0.25, 0.3) is 11.9 Å². The largest absolute Gasteiger partial charge is 0.636 e. The van der Waals surface area contributed by atoms with E-state index >= 15 is 0 Å². The number of hydrogen-bond donors (Lipinski definition) is 2. The minimum atomic E-state index is -0.984. The molecule has 2 N–H and O–H groups in total. The Kier molecular flexibility index (Phi) is 5.86. The lowest BCUT2D eigenvalue weighted by Crippen LogP contribution is -2.37. The van der Waals surface area contributed by atoms with Gasteiger partial charge in [-0.15, -0.1) is 0 Å². The van der Waals surface area contributed by atoms with Gasteiger partial charge in [-0.25, -0.2) is 0 Å². The van der Waals surface area contributed by atoms with Crippen LogP contribution < -0.4 is 10.2 Å². The summed E-state index contributed by atoms with van der Waals surface area (Å²) in [5.41, 5.74) is 1.66. The Balaban J connectivity index is 1.71. The van der Waals surface area contributed by atoms with E-state index in [-0.39, 0.29) is 18.0 Å². The van der Waals surface area contributed by atoms with Gasteiger partial charge in [0, 0.05) is 17.0 Å². The zero-order chi connectivity index (χ0) is 19.4. The Hall–Kier alpha value is -2.74. The molecule has 3 rings (SSSR count). The topological polar surface area (TPSA) is 71.4 Å². The SMILES string of the molecule is C[C@@H](Oc1ccc(B2O/C(O)=C\N(C)/C=C(/O)O2)cc1)c1cccc(Br)c1. The van der Waals surface area contributed by atoms with Crippen molar-refractivity contribution in [2.75, 3.05) is 7.05 Å². The Labute approximate surface area is 166 Å². The summed E-state index contributed by atoms with van der Waals surface area (Å²) < 4.78 is 17.6. The number of halogens is 1. The maximum Gasteiger partial charge on any atom is 0.636 e. The lowest BCUT2D eigenvalue weighted by molar-refractivity contribution is 0.124. The number of rotatable bonds is 4. The third kappa shape index (κ3) is 5.13. The number of ether oxygens (including phenoxy) is 1. The standard InChI is InChI=1S/C19H19BBrNO5/c1-13(14-4-3-5-16(21)10-14)25-17-8-6-15(7-9-17)20-26-18(23)11-22(2)12-19(24)27-20/h3-13,23-24H,1-2H3/b18-11-,19-12-/t13-/m1/s1. The molecule has 0 fully saturated rings. The molecule has 8 heteroatoms. The molecule has 0 saturated carbocycles. The van der Waals surface area contributed by atoms with E-state index in [2.05, 4.69) is 15.9 Å². The van der Waals surface area contributed by atoms with Crippen molar-refractivity contribution in [3.63, 3.8) is 0 Å². The van der Waals surface area contributed by atoms with Crippen LogP contribution in [0.1, 0.15) is 18.6 Å². The summed E-state index contributed by atoms with van der Waals surface area (Å²) in [6, 6.07) is 15.0. The molecule has 1 heterocycles. The zero-order valence-electron chi connectivity index (χ0n) is 14.9. The maximum atomic E-state index is 9.80. The monoisotopic (exact) mass is 431 g/mol. The first-order valence-corrected chi connectivity index (χ1v) is 9.09. The van der Waals surface area contributed by atoms with Crippen LogP contribution in [0.15, 0.2) is 77.3 Å². The van der Waals surface area contributed by atoms with Gasteiger partial charge in [-0.1, -0.05) is 40.2 Å². The molecule has 1 aliphatic heterocycles. The van der Waals surface area contributed by atoms with Crippen LogP contribution in [0, 0.1) is 0 Å². The smallest absolute Gasteiger partial charge is 0.494 e. The van der Waals surface area contributed by atoms with Gasteiger partial charge in [0.05, 0.1) is 12.4 Å². The fourth-order valence-electron chi connectivity index (χ4n) is 2.56. The van der Waals surface area contributed by atoms with E-state index in [1.807, 2.05) is 31.2 Å². The van der Waals surface area contributed by atoms with Crippen LogP contribution in [0.3, 0.4) is 0 Å². The molecular formula is C19H19BBrNO5. The third-order valence-electron chi connectivity index (χ3n) is 3.87. The van der Waals surface area contributed by atoms with E-state index < -0.39 is 7.12 Å². The van der Waals surface area contributed by atoms with Gasteiger partial charge in [-0.3, -0.25) is 0 Å². The van der Waals surface area contributed by atoms with Crippen LogP contribution >= 0.6 is 15.9 Å². The van der Waals surface area contributed by atoms with Crippen molar-refractivity contribution < 1.29 is 24.3 Å². The van der Waals surface area contributed by atoms with Crippen LogP contribution in [0.4, 0.5) is 0 Å². The lowest BCUT2D eigenvalue weighted by atomic mass is 9.79. The number of aliphatic hydroxyl groups excluding tert-OH is 2. The molecule has 0 unspecified atom stereocenters. The molecule has 140 valence electrons. The van der Waals surface area contributed by atoms with Crippen molar-refractivity contribution in [2.45, 2.75) is 13.0 Å². The van der Waals surface area contributed by atoms with Gasteiger partial charge in [-0.2, -0.15) is 0 Å². The number of nitrogens with zero attached hydrogens (tertiary/aromatic N) is 1. The van der Waals surface area contributed by atoms with E-state index in [0.29, 0.717) is 11.2 Å². The second kappa shape index (κ2) is 8.31. The summed E-state index contributed by atoms with van der Waals surface area (Å²) in [4.78, 5) is 1.42. The van der Waals surface area contributed by atoms with Crippen molar-refractivity contribution >= 4 is 28.5 Å². The van der Waals surface area contributed by atoms with Gasteiger partial charge in [0.15, 0.2) is 0 Å². The Morgan fingerprint density at radius 2 is 1.67 bits per heavy atom. The molecule has 0 aliphatic carbocycles. The second-order valence-electron chi connectivity index (χ2n) is 6.05. The normalized spacial score (nSPS) is 19.4. The minimum Gasteiger partial charge on any atom is -0.494 e. The molecule has 0 bridgehead atoms. The van der Waals surface area contributed by atoms with Crippen LogP contribution in [0.25, 0.3) is 0 Å². The predicted octanol–water partition coefficient (Wildman–Crippen LogP) is 3.98. The summed E-state index contributed by atoms with van der Waals surface area (Å²) in [5.74, 6) is 0.0287. The summed E-state index contributed by atoms with van der Waals surface area (Å²) in [7, 11) is 0.640. The molecule has 0 spiro atoms. The number of benzene rings is 2. The van der Waals surface area contributed by atoms with Gasteiger partial charge < -0.3 is 29.2 Å². The summed E-state index contributed by atoms with van der Waals surface area (Å²) in [5, 5.41) is 19.6. The molecule has 0 radical (unpaired) electrons. The van der Waals surface area contributed by atoms with Crippen molar-refractivity contribution in [2.24, 2.45) is 0 Å². The Morgan fingerprint density at radius 3 is 2.26 bits per heavy atom. The van der Waals surface area contributed by atoms with Crippen LogP contribution in [-0.4, -0.2) is 29.3 Å². The maximum absolute atomic E-state index is 9.80. The molecule has 0 saturated heterocycles. The molecule has 1 aliphatic rings. The zero-order valence-corrected chi connectivity index (χ0v) is 16.5. The second-order valence-corrected chi connectivity index (χ2v) is 6.97. The Morgan fingerprint density at radius 1 is 1.04 bits per heavy atom. The molecular weight excluding hydrogens is 413 g/mol. The van der Waals surface area contributed by atoms with Crippen molar-refractivity contribution in [3.8, 4) is 5.75 Å². The highest BCUT2D eigenvalue weighted by Crippen LogP contribution is 2.23. The third-order valence-corrected chi connectivity index (χ3v) is 4.36. The van der Waals surface area contributed by atoms with Crippen molar-refractivity contribution in [3.05, 3.63) is 82.9 Å². The van der Waals surface area contributed by atoms with Crippen molar-refractivity contribution in [1.29, 1.82) is 0 Å². The first-order valence-electron chi connectivity index (χ1n) is 8.29. The minimum absolute atomic E-state index is 0.128. The highest BCUT2D eigenvalue weighted by molar-refractivity contribution is 9.10. The fourth-order valence-corrected chi connectivity index (χ4v) is 2.98. The van der Waals surface area contributed by atoms with E-state index in [1.54, 1.807) is 31.3 Å². The summed E-state index contributed by atoms with van der Waals surface area (Å²) in [6.45, 7) is 1.97. The molecule has 2 aromatic rings. The quantitative estimate of drug-likeness (QED) is 0.713. The number of aliphatic hydroxyl groups is 2. The van der Waals surface area contributed by atoms with Gasteiger partial charge in [0.2, 0.25) is 0 Å². The van der Waals surface area contributed by atoms with Gasteiger partial charge in [-0.05, 0) is 36.8 Å². The molecule has 6 nitrogen and oxygen atoms in total. The van der Waals surface area contributed by atoms with Crippen LogP contribution in [0.5, 0.6) is 5.75 Å². The van der Waals surface area contributed by atoms with E-state index in [1.165, 1.54) is 17.3 Å². The molecule has 1 atom stereocenters. The first kappa shape index (κ1) is 19.0. The Bertz CT molecular complexity index is 833. The molecule has 2 aromatic carbocycles. The van der Waals surface area contributed by atoms with E-state index in [4.69, 9.17) is 14.0 Å². The predicted molar refractivity (Wildman–Crippen MR) is 106 cm³/mol. The fraction of sp³-hybridized carbons (Fsp3) is 0.158. The molecule has 27 heavy (non-hydrogen) atoms. The molecule has 0 aromatic heterocycles. The van der Waals surface area contributed by atoms with Crippen molar-refractivity contribution in [1.82, 2.24) is 4.90 Å². The average molecular weight is 432 g/mol. The average Bonchev–Trinajstić information content (AvgIpc) is 2.60.